The van der Waals surface area contributed by atoms with Gasteiger partial charge >= 0.3 is 0 Å². The van der Waals surface area contributed by atoms with E-state index in [-0.39, 0.29) is 6.10 Å². The van der Waals surface area contributed by atoms with Gasteiger partial charge in [0.15, 0.2) is 0 Å². The van der Waals surface area contributed by atoms with Crippen LogP contribution in [0.4, 0.5) is 0 Å². The Balaban J connectivity index is 1.87. The van der Waals surface area contributed by atoms with Crippen molar-refractivity contribution >= 4 is 11.5 Å². The first kappa shape index (κ1) is 9.05. The standard InChI is InChI=1S/C8H13N3OS/c12-8-2-1-3-11(5-8)4-7-6-13-10-9-7/h6,8,12H,1-5H2. The summed E-state index contributed by atoms with van der Waals surface area (Å²) in [7, 11) is 0. The Kier molecular flexibility index (Phi) is 2.87. The van der Waals surface area contributed by atoms with E-state index in [0.29, 0.717) is 0 Å². The number of β-amino-alcohol motifs (C(OH)–C–C–N with tert-alkyl or cyclic N) is 1. The lowest BCUT2D eigenvalue weighted by Crippen LogP contribution is -2.37. The molecule has 0 spiro atoms. The molecule has 1 unspecified atom stereocenters. The molecule has 0 aromatic carbocycles. The predicted molar refractivity (Wildman–Crippen MR) is 50.4 cm³/mol. The quantitative estimate of drug-likeness (QED) is 0.753. The normalized spacial score (nSPS) is 24.8. The molecule has 13 heavy (non-hydrogen) atoms. The number of hydrogen-bond donors (Lipinski definition) is 1. The fourth-order valence-electron chi connectivity index (χ4n) is 1.66. The number of hydrogen-bond acceptors (Lipinski definition) is 5. The van der Waals surface area contributed by atoms with Crippen LogP contribution in [0, 0.1) is 0 Å². The van der Waals surface area contributed by atoms with Gasteiger partial charge in [-0.25, -0.2) is 0 Å². The maximum atomic E-state index is 9.43. The molecule has 1 aromatic rings. The topological polar surface area (TPSA) is 49.2 Å². The van der Waals surface area contributed by atoms with E-state index in [2.05, 4.69) is 14.5 Å². The van der Waals surface area contributed by atoms with Crippen LogP contribution in [-0.2, 0) is 6.54 Å². The molecular formula is C8H13N3OS. The second-order valence-corrected chi connectivity index (χ2v) is 4.04. The van der Waals surface area contributed by atoms with Crippen molar-refractivity contribution in [2.75, 3.05) is 13.1 Å². The minimum absolute atomic E-state index is 0.152. The van der Waals surface area contributed by atoms with E-state index in [4.69, 9.17) is 0 Å². The maximum Gasteiger partial charge on any atom is 0.0895 e. The smallest absolute Gasteiger partial charge is 0.0895 e. The van der Waals surface area contributed by atoms with Gasteiger partial charge in [0.1, 0.15) is 0 Å². The highest BCUT2D eigenvalue weighted by Gasteiger charge is 2.17. The number of likely N-dealkylation sites (tertiary alicyclic amines) is 1. The first-order chi connectivity index (χ1) is 6.34. The molecule has 0 saturated carbocycles. The minimum Gasteiger partial charge on any atom is -0.392 e. The number of nitrogens with zero attached hydrogens (tertiary/aromatic N) is 3. The lowest BCUT2D eigenvalue weighted by atomic mass is 10.1. The number of aliphatic hydroxyl groups excluding tert-OH is 1. The van der Waals surface area contributed by atoms with E-state index in [0.717, 1.165) is 38.2 Å². The van der Waals surface area contributed by atoms with Crippen LogP contribution in [0.25, 0.3) is 0 Å². The summed E-state index contributed by atoms with van der Waals surface area (Å²) in [6.07, 6.45) is 1.87. The molecule has 1 aromatic heterocycles. The molecule has 0 amide bonds. The number of rotatable bonds is 2. The fourth-order valence-corrected chi connectivity index (χ4v) is 2.10. The second-order valence-electron chi connectivity index (χ2n) is 3.43. The zero-order chi connectivity index (χ0) is 9.10. The SMILES string of the molecule is OC1CCCN(Cc2csnn2)C1. The molecular weight excluding hydrogens is 186 g/mol. The summed E-state index contributed by atoms with van der Waals surface area (Å²) < 4.78 is 3.81. The van der Waals surface area contributed by atoms with E-state index in [1.54, 1.807) is 0 Å². The zero-order valence-corrected chi connectivity index (χ0v) is 8.20. The maximum absolute atomic E-state index is 9.43. The van der Waals surface area contributed by atoms with Gasteiger partial charge in [0.25, 0.3) is 0 Å². The van der Waals surface area contributed by atoms with Gasteiger partial charge in [-0.3, -0.25) is 4.90 Å². The number of piperidine rings is 1. The van der Waals surface area contributed by atoms with E-state index in [9.17, 15) is 5.11 Å². The van der Waals surface area contributed by atoms with Crippen LogP contribution in [0.15, 0.2) is 5.38 Å². The van der Waals surface area contributed by atoms with Crippen LogP contribution < -0.4 is 0 Å². The van der Waals surface area contributed by atoms with Crippen molar-refractivity contribution in [3.63, 3.8) is 0 Å². The molecule has 4 nitrogen and oxygen atoms in total. The van der Waals surface area contributed by atoms with Crippen molar-refractivity contribution in [2.24, 2.45) is 0 Å². The molecule has 1 atom stereocenters. The summed E-state index contributed by atoms with van der Waals surface area (Å²) in [6.45, 7) is 2.67. The molecule has 1 aliphatic heterocycles. The van der Waals surface area contributed by atoms with Gasteiger partial charge in [-0.15, -0.1) is 5.10 Å². The van der Waals surface area contributed by atoms with Gasteiger partial charge in [-0.2, -0.15) is 0 Å². The third kappa shape index (κ3) is 2.46. The Morgan fingerprint density at radius 3 is 3.31 bits per heavy atom. The van der Waals surface area contributed by atoms with Gasteiger partial charge in [-0.1, -0.05) is 4.49 Å². The summed E-state index contributed by atoms with van der Waals surface area (Å²) in [5.41, 5.74) is 1.01. The average Bonchev–Trinajstić information content (AvgIpc) is 2.57. The monoisotopic (exact) mass is 199 g/mol. The molecule has 0 aliphatic carbocycles. The van der Waals surface area contributed by atoms with Crippen molar-refractivity contribution < 1.29 is 5.11 Å². The van der Waals surface area contributed by atoms with Crippen LogP contribution in [0.3, 0.4) is 0 Å². The van der Waals surface area contributed by atoms with Crippen molar-refractivity contribution in [2.45, 2.75) is 25.5 Å². The summed E-state index contributed by atoms with van der Waals surface area (Å²) >= 11 is 1.38. The van der Waals surface area contributed by atoms with Crippen LogP contribution in [0.1, 0.15) is 18.5 Å². The molecule has 0 bridgehead atoms. The van der Waals surface area contributed by atoms with E-state index in [1.807, 2.05) is 5.38 Å². The molecule has 1 saturated heterocycles. The van der Waals surface area contributed by atoms with Crippen LogP contribution in [0.2, 0.25) is 0 Å². The molecule has 5 heteroatoms. The van der Waals surface area contributed by atoms with Gasteiger partial charge in [-0.05, 0) is 30.9 Å². The zero-order valence-electron chi connectivity index (χ0n) is 7.39. The summed E-state index contributed by atoms with van der Waals surface area (Å²) in [6, 6.07) is 0. The number of aromatic nitrogens is 2. The summed E-state index contributed by atoms with van der Waals surface area (Å²) in [4.78, 5) is 2.23. The van der Waals surface area contributed by atoms with Crippen LogP contribution in [-0.4, -0.2) is 38.8 Å². The third-order valence-corrected chi connectivity index (χ3v) is 2.82. The molecule has 72 valence electrons. The van der Waals surface area contributed by atoms with Crippen molar-refractivity contribution in [1.29, 1.82) is 0 Å². The minimum atomic E-state index is -0.152. The summed E-state index contributed by atoms with van der Waals surface area (Å²) in [5.74, 6) is 0. The van der Waals surface area contributed by atoms with E-state index >= 15 is 0 Å². The van der Waals surface area contributed by atoms with Gasteiger partial charge in [0.05, 0.1) is 11.8 Å². The average molecular weight is 199 g/mol. The third-order valence-electron chi connectivity index (χ3n) is 2.27. The van der Waals surface area contributed by atoms with Crippen molar-refractivity contribution in [3.8, 4) is 0 Å². The lowest BCUT2D eigenvalue weighted by molar-refractivity contribution is 0.0662. The molecule has 0 radical (unpaired) electrons. The largest absolute Gasteiger partial charge is 0.392 e. The Morgan fingerprint density at radius 2 is 2.62 bits per heavy atom. The Morgan fingerprint density at radius 1 is 1.69 bits per heavy atom. The van der Waals surface area contributed by atoms with Crippen molar-refractivity contribution in [1.82, 2.24) is 14.5 Å². The molecule has 1 aliphatic rings. The van der Waals surface area contributed by atoms with Gasteiger partial charge < -0.3 is 5.11 Å². The van der Waals surface area contributed by atoms with E-state index in [1.165, 1.54) is 11.5 Å². The molecule has 1 fully saturated rings. The first-order valence-corrected chi connectivity index (χ1v) is 5.34. The number of aliphatic hydroxyl groups is 1. The second kappa shape index (κ2) is 4.13. The molecule has 2 rings (SSSR count). The predicted octanol–water partition coefficient (Wildman–Crippen LogP) is 0.495. The van der Waals surface area contributed by atoms with Crippen LogP contribution in [0.5, 0.6) is 0 Å². The Hall–Kier alpha value is -0.520. The fraction of sp³-hybridized carbons (Fsp3) is 0.750. The highest BCUT2D eigenvalue weighted by molar-refractivity contribution is 7.03. The molecule has 2 heterocycles. The highest BCUT2D eigenvalue weighted by atomic mass is 32.1. The Bertz CT molecular complexity index is 252. The van der Waals surface area contributed by atoms with Gasteiger partial charge in [0, 0.05) is 18.5 Å². The van der Waals surface area contributed by atoms with E-state index < -0.39 is 0 Å². The van der Waals surface area contributed by atoms with Gasteiger partial charge in [0.2, 0.25) is 0 Å². The van der Waals surface area contributed by atoms with Crippen molar-refractivity contribution in [3.05, 3.63) is 11.1 Å². The summed E-state index contributed by atoms with van der Waals surface area (Å²) in [5, 5.41) is 15.4. The first-order valence-electron chi connectivity index (χ1n) is 4.51. The molecule has 1 N–H and O–H groups in total. The van der Waals surface area contributed by atoms with Crippen LogP contribution >= 0.6 is 11.5 Å². The lowest BCUT2D eigenvalue weighted by Gasteiger charge is -2.28. The highest BCUT2D eigenvalue weighted by Crippen LogP contribution is 2.12. The Labute approximate surface area is 81.4 Å².